The molecule has 1 nitrogen and oxygen atoms in total. The predicted octanol–water partition coefficient (Wildman–Crippen LogP) is 3.11. The number of rotatable bonds is 4. The van der Waals surface area contributed by atoms with Gasteiger partial charge in [-0.05, 0) is 74.6 Å². The average Bonchev–Trinajstić information content (AvgIpc) is 2.97. The first-order chi connectivity index (χ1) is 8.23. The normalized spacial score (nSPS) is 22.2. The van der Waals surface area contributed by atoms with Crippen molar-refractivity contribution < 1.29 is 0 Å². The molecule has 1 atom stereocenters. The lowest BCUT2D eigenvalue weighted by atomic mass is 9.89. The summed E-state index contributed by atoms with van der Waals surface area (Å²) >= 11 is 0. The van der Waals surface area contributed by atoms with Crippen molar-refractivity contribution in [2.24, 2.45) is 5.41 Å². The molecule has 0 heterocycles. The Morgan fingerprint density at radius 2 is 2.00 bits per heavy atom. The summed E-state index contributed by atoms with van der Waals surface area (Å²) in [7, 11) is 2.09. The maximum atomic E-state index is 3.44. The van der Waals surface area contributed by atoms with Gasteiger partial charge >= 0.3 is 0 Å². The molecule has 1 saturated carbocycles. The van der Waals surface area contributed by atoms with Crippen LogP contribution in [0.2, 0.25) is 0 Å². The fourth-order valence-corrected chi connectivity index (χ4v) is 3.37. The number of nitrogens with one attached hydrogen (secondary N) is 1. The van der Waals surface area contributed by atoms with Gasteiger partial charge in [-0.1, -0.05) is 18.2 Å². The monoisotopic (exact) mass is 229 g/mol. The Hall–Kier alpha value is -0.820. The second kappa shape index (κ2) is 4.13. The molecule has 2 aliphatic carbocycles. The Morgan fingerprint density at radius 1 is 1.24 bits per heavy atom. The van der Waals surface area contributed by atoms with Gasteiger partial charge in [-0.3, -0.25) is 0 Å². The Balaban J connectivity index is 1.77. The highest BCUT2D eigenvalue weighted by Crippen LogP contribution is 2.51. The topological polar surface area (TPSA) is 12.0 Å². The molecule has 17 heavy (non-hydrogen) atoms. The zero-order valence-corrected chi connectivity index (χ0v) is 11.1. The van der Waals surface area contributed by atoms with Gasteiger partial charge < -0.3 is 5.32 Å². The van der Waals surface area contributed by atoms with Gasteiger partial charge in [0.15, 0.2) is 0 Å². The molecule has 0 amide bonds. The van der Waals surface area contributed by atoms with E-state index in [9.17, 15) is 0 Å². The van der Waals surface area contributed by atoms with Crippen LogP contribution in [0.15, 0.2) is 18.2 Å². The maximum absolute atomic E-state index is 3.44. The van der Waals surface area contributed by atoms with E-state index in [0.29, 0.717) is 11.5 Å². The molecule has 1 unspecified atom stereocenters. The molecule has 0 aliphatic heterocycles. The van der Waals surface area contributed by atoms with Crippen LogP contribution in [0.3, 0.4) is 0 Å². The summed E-state index contributed by atoms with van der Waals surface area (Å²) < 4.78 is 0. The van der Waals surface area contributed by atoms with Crippen LogP contribution in [0.25, 0.3) is 0 Å². The van der Waals surface area contributed by atoms with Gasteiger partial charge in [0.05, 0.1) is 0 Å². The van der Waals surface area contributed by atoms with Crippen molar-refractivity contribution in [1.29, 1.82) is 0 Å². The summed E-state index contributed by atoms with van der Waals surface area (Å²) in [6, 6.07) is 7.87. The van der Waals surface area contributed by atoms with Crippen LogP contribution in [-0.2, 0) is 19.3 Å². The lowest BCUT2D eigenvalue weighted by Crippen LogP contribution is -2.33. The smallest absolute Gasteiger partial charge is 0.00953 e. The molecule has 1 fully saturated rings. The van der Waals surface area contributed by atoms with Crippen LogP contribution in [-0.4, -0.2) is 13.1 Å². The van der Waals surface area contributed by atoms with Crippen molar-refractivity contribution >= 4 is 0 Å². The minimum atomic E-state index is 0.557. The van der Waals surface area contributed by atoms with E-state index < -0.39 is 0 Å². The fourth-order valence-electron chi connectivity index (χ4n) is 3.37. The summed E-state index contributed by atoms with van der Waals surface area (Å²) in [5, 5.41) is 3.44. The van der Waals surface area contributed by atoms with Gasteiger partial charge in [0.25, 0.3) is 0 Å². The molecular weight excluding hydrogens is 206 g/mol. The Morgan fingerprint density at radius 3 is 2.71 bits per heavy atom. The summed E-state index contributed by atoms with van der Waals surface area (Å²) in [6.07, 6.45) is 8.02. The molecule has 0 spiro atoms. The van der Waals surface area contributed by atoms with Gasteiger partial charge in [-0.2, -0.15) is 0 Å². The fraction of sp³-hybridized carbons (Fsp3) is 0.625. The second-order valence-corrected chi connectivity index (χ2v) is 6.01. The minimum absolute atomic E-state index is 0.557. The number of aryl methyl sites for hydroxylation is 2. The molecular formula is C16H23N. The highest BCUT2D eigenvalue weighted by atomic mass is 14.9. The highest BCUT2D eigenvalue weighted by molar-refractivity contribution is 5.36. The van der Waals surface area contributed by atoms with Crippen LogP contribution < -0.4 is 5.32 Å². The van der Waals surface area contributed by atoms with Crippen LogP contribution in [0.5, 0.6) is 0 Å². The molecule has 0 bridgehead atoms. The van der Waals surface area contributed by atoms with Crippen molar-refractivity contribution in [3.8, 4) is 0 Å². The third-order valence-corrected chi connectivity index (χ3v) is 4.96. The second-order valence-electron chi connectivity index (χ2n) is 6.01. The summed E-state index contributed by atoms with van der Waals surface area (Å²) in [5.74, 6) is 0. The Labute approximate surface area is 105 Å². The van der Waals surface area contributed by atoms with Crippen molar-refractivity contribution in [2.75, 3.05) is 7.05 Å². The van der Waals surface area contributed by atoms with Crippen molar-refractivity contribution in [1.82, 2.24) is 5.32 Å². The minimum Gasteiger partial charge on any atom is -0.317 e. The van der Waals surface area contributed by atoms with E-state index in [1.807, 2.05) is 0 Å². The lowest BCUT2D eigenvalue weighted by Gasteiger charge is -2.23. The van der Waals surface area contributed by atoms with E-state index >= 15 is 0 Å². The molecule has 0 radical (unpaired) electrons. The van der Waals surface area contributed by atoms with Crippen molar-refractivity contribution in [3.05, 3.63) is 34.9 Å². The summed E-state index contributed by atoms with van der Waals surface area (Å²) in [5.41, 5.74) is 5.34. The third-order valence-electron chi connectivity index (χ3n) is 4.96. The molecule has 1 aromatic carbocycles. The Kier molecular flexibility index (Phi) is 2.74. The maximum Gasteiger partial charge on any atom is 0.00953 e. The quantitative estimate of drug-likeness (QED) is 0.836. The number of benzene rings is 1. The summed E-state index contributed by atoms with van der Waals surface area (Å²) in [6.45, 7) is 2.33. The molecule has 0 aromatic heterocycles. The largest absolute Gasteiger partial charge is 0.317 e. The molecule has 1 aromatic rings. The first-order valence-corrected chi connectivity index (χ1v) is 7.01. The van der Waals surface area contributed by atoms with Crippen LogP contribution in [0, 0.1) is 5.41 Å². The van der Waals surface area contributed by atoms with Gasteiger partial charge in [0, 0.05) is 6.04 Å². The molecule has 0 saturated heterocycles. The zero-order valence-electron chi connectivity index (χ0n) is 11.1. The van der Waals surface area contributed by atoms with E-state index in [1.54, 1.807) is 16.7 Å². The predicted molar refractivity (Wildman–Crippen MR) is 72.4 cm³/mol. The van der Waals surface area contributed by atoms with Crippen LogP contribution >= 0.6 is 0 Å². The molecule has 92 valence electrons. The molecule has 2 aliphatic rings. The average molecular weight is 229 g/mol. The van der Waals surface area contributed by atoms with E-state index in [-0.39, 0.29) is 0 Å². The van der Waals surface area contributed by atoms with E-state index in [0.717, 1.165) is 0 Å². The van der Waals surface area contributed by atoms with Crippen LogP contribution in [0.4, 0.5) is 0 Å². The van der Waals surface area contributed by atoms with Gasteiger partial charge in [-0.15, -0.1) is 0 Å². The number of hydrogen-bond donors (Lipinski definition) is 1. The molecule has 3 rings (SSSR count). The molecule has 1 heteroatoms. The van der Waals surface area contributed by atoms with Gasteiger partial charge in [0.1, 0.15) is 0 Å². The van der Waals surface area contributed by atoms with Gasteiger partial charge in [-0.25, -0.2) is 0 Å². The standard InChI is InChI=1S/C16H23N/c1-12(17-2)16(8-9-16)11-13-6-7-14-4-3-5-15(14)10-13/h6-7,10,12,17H,3-5,8-9,11H2,1-2H3. The lowest BCUT2D eigenvalue weighted by molar-refractivity contribution is 0.369. The van der Waals surface area contributed by atoms with E-state index in [2.05, 4.69) is 37.5 Å². The SMILES string of the molecule is CNC(C)C1(Cc2ccc3c(c2)CCC3)CC1. The van der Waals surface area contributed by atoms with Crippen molar-refractivity contribution in [3.63, 3.8) is 0 Å². The zero-order chi connectivity index (χ0) is 11.9. The van der Waals surface area contributed by atoms with E-state index in [4.69, 9.17) is 0 Å². The first kappa shape index (κ1) is 11.3. The van der Waals surface area contributed by atoms with E-state index in [1.165, 1.54) is 38.5 Å². The van der Waals surface area contributed by atoms with Gasteiger partial charge in [0.2, 0.25) is 0 Å². The third kappa shape index (κ3) is 2.01. The Bertz CT molecular complexity index is 418. The van der Waals surface area contributed by atoms with Crippen molar-refractivity contribution in [2.45, 2.75) is 51.5 Å². The summed E-state index contributed by atoms with van der Waals surface area (Å²) in [4.78, 5) is 0. The molecule has 1 N–H and O–H groups in total. The number of fused-ring (bicyclic) bond motifs is 1. The first-order valence-electron chi connectivity index (χ1n) is 7.01. The van der Waals surface area contributed by atoms with Crippen LogP contribution in [0.1, 0.15) is 42.9 Å². The highest BCUT2D eigenvalue weighted by Gasteiger charge is 2.46. The number of hydrogen-bond acceptors (Lipinski definition) is 1.